The summed E-state index contributed by atoms with van der Waals surface area (Å²) in [6.07, 6.45) is 0.149. The summed E-state index contributed by atoms with van der Waals surface area (Å²) in [6.45, 7) is 2.20. The molecule has 0 aromatic heterocycles. The van der Waals surface area contributed by atoms with Gasteiger partial charge in [0.25, 0.3) is 5.91 Å². The van der Waals surface area contributed by atoms with Crippen LogP contribution in [-0.2, 0) is 9.59 Å². The van der Waals surface area contributed by atoms with Gasteiger partial charge in [-0.05, 0) is 24.6 Å². The summed E-state index contributed by atoms with van der Waals surface area (Å²) in [7, 11) is 0. The van der Waals surface area contributed by atoms with Crippen molar-refractivity contribution in [3.05, 3.63) is 29.8 Å². The Bertz CT molecular complexity index is 424. The molecule has 5 nitrogen and oxygen atoms in total. The van der Waals surface area contributed by atoms with Crippen LogP contribution in [0, 0.1) is 6.92 Å². The number of hydrazine groups is 1. The zero-order chi connectivity index (χ0) is 13.4. The van der Waals surface area contributed by atoms with Gasteiger partial charge in [0, 0.05) is 0 Å². The summed E-state index contributed by atoms with van der Waals surface area (Å²) >= 11 is 5.25. The van der Waals surface area contributed by atoms with Gasteiger partial charge in [0.05, 0.1) is 13.0 Å². The van der Waals surface area contributed by atoms with Crippen LogP contribution < -0.4 is 15.6 Å². The van der Waals surface area contributed by atoms with E-state index in [0.717, 1.165) is 5.56 Å². The van der Waals surface area contributed by atoms with Crippen molar-refractivity contribution in [3.8, 4) is 5.75 Å². The fourth-order valence-corrected chi connectivity index (χ4v) is 1.27. The summed E-state index contributed by atoms with van der Waals surface area (Å²) in [5, 5.41) is 0. The second-order valence-electron chi connectivity index (χ2n) is 3.64. The molecule has 0 aliphatic carbocycles. The largest absolute Gasteiger partial charge is 0.493 e. The molecule has 0 bridgehead atoms. The van der Waals surface area contributed by atoms with Gasteiger partial charge in [0.1, 0.15) is 11.6 Å². The average molecular weight is 271 g/mol. The minimum Gasteiger partial charge on any atom is -0.493 e. The average Bonchev–Trinajstić information content (AvgIpc) is 2.36. The van der Waals surface area contributed by atoms with Gasteiger partial charge in [-0.2, -0.15) is 0 Å². The van der Waals surface area contributed by atoms with Crippen molar-refractivity contribution in [2.45, 2.75) is 13.3 Å². The summed E-state index contributed by atoms with van der Waals surface area (Å²) in [4.78, 5) is 22.0. The second kappa shape index (κ2) is 7.55. The lowest BCUT2D eigenvalue weighted by molar-refractivity contribution is -0.128. The monoisotopic (exact) mass is 270 g/mol. The van der Waals surface area contributed by atoms with Crippen LogP contribution in [0.15, 0.2) is 24.3 Å². The molecular weight excluding hydrogens is 256 g/mol. The number of nitrogens with one attached hydrogen (secondary N) is 2. The highest BCUT2D eigenvalue weighted by Gasteiger charge is 2.03. The Morgan fingerprint density at radius 3 is 2.67 bits per heavy atom. The van der Waals surface area contributed by atoms with Crippen LogP contribution in [0.2, 0.25) is 0 Å². The van der Waals surface area contributed by atoms with Crippen LogP contribution in [-0.4, -0.2) is 24.3 Å². The number of ether oxygens (including phenoxy) is 1. The van der Waals surface area contributed by atoms with Crippen LogP contribution in [0.5, 0.6) is 5.75 Å². The molecule has 0 heterocycles. The number of amides is 2. The Balaban J connectivity index is 2.21. The van der Waals surface area contributed by atoms with Gasteiger partial charge in [0.2, 0.25) is 5.91 Å². The Morgan fingerprint density at radius 1 is 1.28 bits per heavy atom. The van der Waals surface area contributed by atoms with Crippen LogP contribution in [0.25, 0.3) is 0 Å². The van der Waals surface area contributed by atoms with E-state index in [9.17, 15) is 9.59 Å². The number of carbonyl (C=O) groups is 2. The van der Waals surface area contributed by atoms with E-state index in [1.54, 1.807) is 0 Å². The molecule has 2 N–H and O–H groups in total. The van der Waals surface area contributed by atoms with Gasteiger partial charge in [-0.1, -0.05) is 12.1 Å². The molecule has 2 amide bonds. The van der Waals surface area contributed by atoms with Gasteiger partial charge >= 0.3 is 0 Å². The standard InChI is InChI=1S/C12H15ClN2O3/c1-9-3-2-4-10(7-9)18-6-5-11(16)14-15-12(17)8-13/h2-4,7H,5-6,8H2,1H3,(H,14,16)(H,15,17). The summed E-state index contributed by atoms with van der Waals surface area (Å²) < 4.78 is 5.39. The number of hydrogen-bond donors (Lipinski definition) is 2. The molecule has 0 radical (unpaired) electrons. The molecule has 0 saturated heterocycles. The summed E-state index contributed by atoms with van der Waals surface area (Å²) in [6, 6.07) is 7.54. The van der Waals surface area contributed by atoms with E-state index < -0.39 is 5.91 Å². The first-order valence-electron chi connectivity index (χ1n) is 5.45. The van der Waals surface area contributed by atoms with E-state index in [4.69, 9.17) is 16.3 Å². The Hall–Kier alpha value is -1.75. The van der Waals surface area contributed by atoms with Crippen molar-refractivity contribution in [2.24, 2.45) is 0 Å². The van der Waals surface area contributed by atoms with Crippen molar-refractivity contribution in [1.29, 1.82) is 0 Å². The molecule has 0 fully saturated rings. The van der Waals surface area contributed by atoms with Crippen LogP contribution in [0.1, 0.15) is 12.0 Å². The maximum Gasteiger partial charge on any atom is 0.253 e. The summed E-state index contributed by atoms with van der Waals surface area (Å²) in [5.74, 6) is -0.265. The predicted molar refractivity (Wildman–Crippen MR) is 68.3 cm³/mol. The molecule has 6 heteroatoms. The highest BCUT2D eigenvalue weighted by molar-refractivity contribution is 6.27. The zero-order valence-corrected chi connectivity index (χ0v) is 10.8. The number of aryl methyl sites for hydroxylation is 1. The maximum absolute atomic E-state index is 11.3. The van der Waals surface area contributed by atoms with E-state index in [0.29, 0.717) is 5.75 Å². The molecule has 98 valence electrons. The third-order valence-corrected chi connectivity index (χ3v) is 2.29. The molecule has 0 spiro atoms. The smallest absolute Gasteiger partial charge is 0.253 e. The van der Waals surface area contributed by atoms with Crippen LogP contribution >= 0.6 is 11.6 Å². The van der Waals surface area contributed by atoms with Crippen LogP contribution in [0.3, 0.4) is 0 Å². The van der Waals surface area contributed by atoms with E-state index in [2.05, 4.69) is 10.9 Å². The lowest BCUT2D eigenvalue weighted by Crippen LogP contribution is -2.42. The van der Waals surface area contributed by atoms with Crippen molar-refractivity contribution in [1.82, 2.24) is 10.9 Å². The highest BCUT2D eigenvalue weighted by Crippen LogP contribution is 2.12. The quantitative estimate of drug-likeness (QED) is 0.623. The normalized spacial score (nSPS) is 9.67. The molecule has 0 saturated carbocycles. The van der Waals surface area contributed by atoms with Gasteiger partial charge in [-0.15, -0.1) is 11.6 Å². The van der Waals surface area contributed by atoms with Gasteiger partial charge in [0.15, 0.2) is 0 Å². The Morgan fingerprint density at radius 2 is 2.00 bits per heavy atom. The fourth-order valence-electron chi connectivity index (χ4n) is 1.20. The number of rotatable bonds is 5. The van der Waals surface area contributed by atoms with E-state index in [1.807, 2.05) is 31.2 Å². The van der Waals surface area contributed by atoms with Crippen LogP contribution in [0.4, 0.5) is 0 Å². The molecule has 1 rings (SSSR count). The molecule has 0 aliphatic heterocycles. The highest BCUT2D eigenvalue weighted by atomic mass is 35.5. The lowest BCUT2D eigenvalue weighted by Gasteiger charge is -2.08. The van der Waals surface area contributed by atoms with E-state index >= 15 is 0 Å². The van der Waals surface area contributed by atoms with Crippen molar-refractivity contribution >= 4 is 23.4 Å². The summed E-state index contributed by atoms with van der Waals surface area (Å²) in [5.41, 5.74) is 5.48. The lowest BCUT2D eigenvalue weighted by atomic mass is 10.2. The minimum absolute atomic E-state index is 0.149. The first-order chi connectivity index (χ1) is 8.61. The predicted octanol–water partition coefficient (Wildman–Crippen LogP) is 1.15. The first kappa shape index (κ1) is 14.3. The zero-order valence-electron chi connectivity index (χ0n) is 10.0. The van der Waals surface area contributed by atoms with Gasteiger partial charge in [-0.25, -0.2) is 0 Å². The molecule has 1 aromatic carbocycles. The van der Waals surface area contributed by atoms with Gasteiger partial charge in [-0.3, -0.25) is 20.4 Å². The number of alkyl halides is 1. The third-order valence-electron chi connectivity index (χ3n) is 2.05. The Kier molecular flexibility index (Phi) is 6.00. The SMILES string of the molecule is Cc1cccc(OCCC(=O)NNC(=O)CCl)c1. The fraction of sp³-hybridized carbons (Fsp3) is 0.333. The van der Waals surface area contributed by atoms with E-state index in [-0.39, 0.29) is 24.8 Å². The Labute approximate surface area is 110 Å². The number of hydrogen-bond acceptors (Lipinski definition) is 3. The molecular formula is C12H15ClN2O3. The van der Waals surface area contributed by atoms with Gasteiger partial charge < -0.3 is 4.74 Å². The van der Waals surface area contributed by atoms with Crippen molar-refractivity contribution in [3.63, 3.8) is 0 Å². The van der Waals surface area contributed by atoms with E-state index in [1.165, 1.54) is 0 Å². The molecule has 0 aliphatic rings. The van der Waals surface area contributed by atoms with Crippen molar-refractivity contribution in [2.75, 3.05) is 12.5 Å². The first-order valence-corrected chi connectivity index (χ1v) is 5.98. The number of benzene rings is 1. The molecule has 0 unspecified atom stereocenters. The molecule has 18 heavy (non-hydrogen) atoms. The molecule has 0 atom stereocenters. The maximum atomic E-state index is 11.3. The second-order valence-corrected chi connectivity index (χ2v) is 3.91. The number of halogens is 1. The topological polar surface area (TPSA) is 67.4 Å². The number of carbonyl (C=O) groups excluding carboxylic acids is 2. The minimum atomic E-state index is -0.454. The van der Waals surface area contributed by atoms with Crippen molar-refractivity contribution < 1.29 is 14.3 Å². The molecule has 1 aromatic rings. The third kappa shape index (κ3) is 5.54.